The van der Waals surface area contributed by atoms with E-state index in [-0.39, 0.29) is 0 Å². The summed E-state index contributed by atoms with van der Waals surface area (Å²) in [7, 11) is 0. The van der Waals surface area contributed by atoms with E-state index in [4.69, 9.17) is 0 Å². The summed E-state index contributed by atoms with van der Waals surface area (Å²) in [4.78, 5) is 2.76. The fraction of sp³-hybridized carbons (Fsp3) is 1.00. The number of hydrogen-bond acceptors (Lipinski definition) is 2. The predicted molar refractivity (Wildman–Crippen MR) is 65.1 cm³/mol. The fourth-order valence-electron chi connectivity index (χ4n) is 2.84. The second-order valence-corrected chi connectivity index (χ2v) is 5.33. The Labute approximate surface area is 94.4 Å². The van der Waals surface area contributed by atoms with Crippen LogP contribution in [0.5, 0.6) is 0 Å². The lowest BCUT2D eigenvalue weighted by molar-refractivity contribution is 0.0855. The van der Waals surface area contributed by atoms with Crippen LogP contribution in [0.4, 0.5) is 0 Å². The van der Waals surface area contributed by atoms with E-state index < -0.39 is 0 Å². The Morgan fingerprint density at radius 1 is 1.20 bits per heavy atom. The van der Waals surface area contributed by atoms with Crippen molar-refractivity contribution in [3.63, 3.8) is 0 Å². The second-order valence-electron chi connectivity index (χ2n) is 5.33. The topological polar surface area (TPSA) is 15.3 Å². The summed E-state index contributed by atoms with van der Waals surface area (Å²) < 4.78 is 0. The van der Waals surface area contributed by atoms with Crippen molar-refractivity contribution in [2.24, 2.45) is 5.92 Å². The molecule has 0 aromatic carbocycles. The van der Waals surface area contributed by atoms with Gasteiger partial charge < -0.3 is 5.32 Å². The lowest BCUT2D eigenvalue weighted by Crippen LogP contribution is -2.57. The highest BCUT2D eigenvalue weighted by molar-refractivity contribution is 4.87. The Bertz CT molecular complexity index is 187. The molecule has 1 saturated carbocycles. The van der Waals surface area contributed by atoms with Gasteiger partial charge in [-0.25, -0.2) is 0 Å². The molecule has 1 aliphatic carbocycles. The minimum atomic E-state index is 0.743. The van der Waals surface area contributed by atoms with Crippen LogP contribution in [0.3, 0.4) is 0 Å². The highest BCUT2D eigenvalue weighted by Gasteiger charge is 2.29. The number of hydrogen-bond donors (Lipinski definition) is 1. The van der Waals surface area contributed by atoms with Gasteiger partial charge in [0, 0.05) is 31.7 Å². The monoisotopic (exact) mass is 210 g/mol. The molecule has 2 fully saturated rings. The molecule has 2 atom stereocenters. The zero-order chi connectivity index (χ0) is 10.7. The summed E-state index contributed by atoms with van der Waals surface area (Å²) in [5, 5.41) is 3.67. The summed E-state index contributed by atoms with van der Waals surface area (Å²) in [6.07, 6.45) is 7.02. The largest absolute Gasteiger partial charge is 0.311 e. The predicted octanol–water partition coefficient (Wildman–Crippen LogP) is 2.25. The van der Waals surface area contributed by atoms with Crippen LogP contribution >= 0.6 is 0 Å². The van der Waals surface area contributed by atoms with Crippen LogP contribution in [0.1, 0.15) is 46.0 Å². The third-order valence-corrected chi connectivity index (χ3v) is 4.29. The first-order valence-electron chi connectivity index (χ1n) is 6.80. The summed E-state index contributed by atoms with van der Waals surface area (Å²) in [6.45, 7) is 8.49. The van der Waals surface area contributed by atoms with E-state index in [1.165, 1.54) is 51.7 Å². The van der Waals surface area contributed by atoms with Crippen molar-refractivity contribution < 1.29 is 0 Å². The van der Waals surface area contributed by atoms with Crippen LogP contribution in [-0.4, -0.2) is 36.6 Å². The van der Waals surface area contributed by atoms with E-state index >= 15 is 0 Å². The molecule has 2 nitrogen and oxygen atoms in total. The van der Waals surface area contributed by atoms with Crippen LogP contribution in [0.15, 0.2) is 0 Å². The van der Waals surface area contributed by atoms with Crippen LogP contribution in [-0.2, 0) is 0 Å². The molecule has 2 heteroatoms. The van der Waals surface area contributed by atoms with Gasteiger partial charge in [-0.3, -0.25) is 4.90 Å². The van der Waals surface area contributed by atoms with E-state index in [2.05, 4.69) is 24.1 Å². The van der Waals surface area contributed by atoms with Crippen LogP contribution in [0, 0.1) is 5.92 Å². The maximum Gasteiger partial charge on any atom is 0.0218 e. The van der Waals surface area contributed by atoms with Gasteiger partial charge in [-0.05, 0) is 31.6 Å². The van der Waals surface area contributed by atoms with Crippen LogP contribution in [0.2, 0.25) is 0 Å². The van der Waals surface area contributed by atoms with Crippen molar-refractivity contribution >= 4 is 0 Å². The molecule has 1 aliphatic heterocycles. The van der Waals surface area contributed by atoms with Crippen molar-refractivity contribution in [2.45, 2.75) is 58.0 Å². The highest BCUT2D eigenvalue weighted by Crippen LogP contribution is 2.28. The first-order valence-corrected chi connectivity index (χ1v) is 6.80. The molecule has 0 spiro atoms. The van der Waals surface area contributed by atoms with Crippen LogP contribution < -0.4 is 5.32 Å². The average Bonchev–Trinajstić information content (AvgIpc) is 2.23. The maximum atomic E-state index is 3.67. The van der Waals surface area contributed by atoms with Gasteiger partial charge in [-0.15, -0.1) is 0 Å². The number of piperazine rings is 1. The summed E-state index contributed by atoms with van der Waals surface area (Å²) in [6, 6.07) is 1.54. The van der Waals surface area contributed by atoms with E-state index in [0.29, 0.717) is 0 Å². The number of nitrogens with zero attached hydrogens (tertiary/aromatic N) is 1. The summed E-state index contributed by atoms with van der Waals surface area (Å²) in [5.74, 6) is 1.02. The number of rotatable bonds is 4. The van der Waals surface area contributed by atoms with E-state index in [0.717, 1.165) is 18.0 Å². The van der Waals surface area contributed by atoms with Gasteiger partial charge in [0.1, 0.15) is 0 Å². The zero-order valence-corrected chi connectivity index (χ0v) is 10.3. The van der Waals surface area contributed by atoms with E-state index in [1.54, 1.807) is 0 Å². The molecule has 0 amide bonds. The van der Waals surface area contributed by atoms with Crippen molar-refractivity contribution in [3.05, 3.63) is 0 Å². The Hall–Kier alpha value is -0.0800. The van der Waals surface area contributed by atoms with Gasteiger partial charge in [0.2, 0.25) is 0 Å². The maximum absolute atomic E-state index is 3.67. The number of nitrogens with one attached hydrogen (secondary N) is 1. The van der Waals surface area contributed by atoms with Gasteiger partial charge >= 0.3 is 0 Å². The summed E-state index contributed by atoms with van der Waals surface area (Å²) >= 11 is 0. The molecule has 0 aromatic heterocycles. The van der Waals surface area contributed by atoms with Gasteiger partial charge in [0.25, 0.3) is 0 Å². The minimum absolute atomic E-state index is 0.743. The lowest BCUT2D eigenvalue weighted by Gasteiger charge is -2.43. The molecule has 1 heterocycles. The molecule has 2 unspecified atom stereocenters. The molecular formula is C13H26N2. The smallest absolute Gasteiger partial charge is 0.0218 e. The van der Waals surface area contributed by atoms with E-state index in [9.17, 15) is 0 Å². The molecule has 2 aliphatic rings. The van der Waals surface area contributed by atoms with Crippen molar-refractivity contribution in [2.75, 3.05) is 19.6 Å². The quantitative estimate of drug-likeness (QED) is 0.765. The third kappa shape index (κ3) is 2.73. The Morgan fingerprint density at radius 3 is 2.53 bits per heavy atom. The fourth-order valence-corrected chi connectivity index (χ4v) is 2.84. The molecule has 1 N–H and O–H groups in total. The average molecular weight is 210 g/mol. The lowest BCUT2D eigenvalue weighted by atomic mass is 9.84. The molecule has 2 rings (SSSR count). The second kappa shape index (κ2) is 5.31. The van der Waals surface area contributed by atoms with Gasteiger partial charge in [-0.2, -0.15) is 0 Å². The molecule has 15 heavy (non-hydrogen) atoms. The van der Waals surface area contributed by atoms with Gasteiger partial charge in [0.05, 0.1) is 0 Å². The molecule has 0 bridgehead atoms. The minimum Gasteiger partial charge on any atom is -0.311 e. The molecule has 0 radical (unpaired) electrons. The van der Waals surface area contributed by atoms with E-state index in [1.807, 2.05) is 0 Å². The normalized spacial score (nSPS) is 34.0. The first-order chi connectivity index (χ1) is 7.33. The Morgan fingerprint density at radius 2 is 2.00 bits per heavy atom. The van der Waals surface area contributed by atoms with Gasteiger partial charge in [-0.1, -0.05) is 20.3 Å². The van der Waals surface area contributed by atoms with Crippen molar-refractivity contribution in [1.82, 2.24) is 10.2 Å². The SMILES string of the molecule is CCC1CN(CC2CCC2)C(CC)CN1. The molecule has 0 aromatic rings. The third-order valence-electron chi connectivity index (χ3n) is 4.29. The summed E-state index contributed by atoms with van der Waals surface area (Å²) in [5.41, 5.74) is 0. The first kappa shape index (κ1) is 11.4. The Kier molecular flexibility index (Phi) is 4.04. The molecular weight excluding hydrogens is 184 g/mol. The van der Waals surface area contributed by atoms with Gasteiger partial charge in [0.15, 0.2) is 0 Å². The molecule has 88 valence electrons. The Balaban J connectivity index is 1.84. The highest BCUT2D eigenvalue weighted by atomic mass is 15.2. The standard InChI is InChI=1S/C13H26N2/c1-3-12-10-15(9-11-6-5-7-11)13(4-2)8-14-12/h11-14H,3-10H2,1-2H3. The van der Waals surface area contributed by atoms with Crippen LogP contribution in [0.25, 0.3) is 0 Å². The molecule has 1 saturated heterocycles. The van der Waals surface area contributed by atoms with Crippen molar-refractivity contribution in [3.8, 4) is 0 Å². The zero-order valence-electron chi connectivity index (χ0n) is 10.3. The van der Waals surface area contributed by atoms with Crippen molar-refractivity contribution in [1.29, 1.82) is 0 Å².